The highest BCUT2D eigenvalue weighted by Crippen LogP contribution is 2.26. The van der Waals surface area contributed by atoms with E-state index < -0.39 is 5.41 Å². The highest BCUT2D eigenvalue weighted by molar-refractivity contribution is 6.01. The van der Waals surface area contributed by atoms with Gasteiger partial charge in [0.25, 0.3) is 0 Å². The molecule has 5 heteroatoms. The third kappa shape index (κ3) is 6.16. The van der Waals surface area contributed by atoms with Crippen LogP contribution in [0.25, 0.3) is 0 Å². The summed E-state index contributed by atoms with van der Waals surface area (Å²) >= 11 is 0. The Labute approximate surface area is 157 Å². The van der Waals surface area contributed by atoms with Gasteiger partial charge in [-0.2, -0.15) is 0 Å². The number of rotatable bonds is 9. The van der Waals surface area contributed by atoms with Gasteiger partial charge in [0.1, 0.15) is 5.41 Å². The molecule has 0 aromatic rings. The average molecular weight is 360 g/mol. The predicted molar refractivity (Wildman–Crippen MR) is 101 cm³/mol. The van der Waals surface area contributed by atoms with Crippen molar-refractivity contribution < 1.29 is 14.4 Å². The first-order chi connectivity index (χ1) is 12.5. The molecule has 1 atom stereocenters. The first-order valence-corrected chi connectivity index (χ1v) is 10.1. The maximum Gasteiger partial charge on any atom is 0.237 e. The summed E-state index contributed by atoms with van der Waals surface area (Å²) in [6.45, 7) is 3.21. The van der Waals surface area contributed by atoms with E-state index in [-0.39, 0.29) is 17.7 Å². The van der Waals surface area contributed by atoms with Gasteiger partial charge in [-0.1, -0.05) is 38.0 Å². The van der Waals surface area contributed by atoms with Crippen molar-refractivity contribution in [2.45, 2.75) is 84.0 Å². The highest BCUT2D eigenvalue weighted by Gasteiger charge is 2.30. The average Bonchev–Trinajstić information content (AvgIpc) is 2.92. The van der Waals surface area contributed by atoms with Gasteiger partial charge in [0.05, 0.1) is 0 Å². The van der Waals surface area contributed by atoms with E-state index in [1.54, 1.807) is 0 Å². The Kier molecular flexibility index (Phi) is 8.15. The molecule has 3 amide bonds. The van der Waals surface area contributed by atoms with Gasteiger partial charge in [-0.3, -0.25) is 19.3 Å². The summed E-state index contributed by atoms with van der Waals surface area (Å²) in [5.41, 5.74) is -0.533. The number of imide groups is 1. The Bertz CT molecular complexity index is 560. The highest BCUT2D eigenvalue weighted by atomic mass is 16.2. The summed E-state index contributed by atoms with van der Waals surface area (Å²) in [5, 5.41) is 3.05. The van der Waals surface area contributed by atoms with Gasteiger partial charge in [0.15, 0.2) is 0 Å². The zero-order valence-electron chi connectivity index (χ0n) is 16.1. The van der Waals surface area contributed by atoms with Crippen LogP contribution in [0.4, 0.5) is 0 Å². The summed E-state index contributed by atoms with van der Waals surface area (Å²) < 4.78 is 0. The van der Waals surface area contributed by atoms with E-state index in [9.17, 15) is 14.4 Å². The molecule has 0 spiro atoms. The van der Waals surface area contributed by atoms with Crippen molar-refractivity contribution >= 4 is 17.7 Å². The fourth-order valence-corrected chi connectivity index (χ4v) is 3.55. The molecule has 0 aromatic heterocycles. The van der Waals surface area contributed by atoms with Gasteiger partial charge in [0.2, 0.25) is 17.7 Å². The van der Waals surface area contributed by atoms with Crippen molar-refractivity contribution in [1.82, 2.24) is 10.2 Å². The second-order valence-corrected chi connectivity index (χ2v) is 7.66. The van der Waals surface area contributed by atoms with Crippen molar-refractivity contribution in [3.8, 4) is 11.8 Å². The number of amides is 3. The molecule has 1 saturated heterocycles. The van der Waals surface area contributed by atoms with Gasteiger partial charge >= 0.3 is 0 Å². The lowest BCUT2D eigenvalue weighted by Crippen LogP contribution is -2.38. The Morgan fingerprint density at radius 2 is 1.73 bits per heavy atom. The summed E-state index contributed by atoms with van der Waals surface area (Å²) in [6.07, 6.45) is 10.8. The lowest BCUT2D eigenvalue weighted by Gasteiger charge is -2.23. The Morgan fingerprint density at radius 1 is 1.04 bits per heavy atom. The molecule has 144 valence electrons. The molecule has 0 radical (unpaired) electrons. The first kappa shape index (κ1) is 20.5. The van der Waals surface area contributed by atoms with E-state index >= 15 is 0 Å². The molecular weight excluding hydrogens is 328 g/mol. The standard InChI is InChI=1S/C21H32N2O3/c1-21(14-8-4-2-5-9-15-21)20(26)22-16-10-6-3-7-11-17-23-18(24)12-13-19(23)25/h2-8,10-14,16-17H2,1H3,(H,22,26). The topological polar surface area (TPSA) is 66.5 Å². The van der Waals surface area contributed by atoms with E-state index in [0.717, 1.165) is 64.2 Å². The number of carbonyl (C=O) groups is 3. The molecule has 0 aromatic carbocycles. The number of carbonyl (C=O) groups excluding carboxylic acids is 3. The zero-order chi connectivity index (χ0) is 18.8. The fourth-order valence-electron chi connectivity index (χ4n) is 3.55. The largest absolute Gasteiger partial charge is 0.355 e. The molecule has 2 aliphatic rings. The van der Waals surface area contributed by atoms with E-state index in [2.05, 4.69) is 17.2 Å². The number of nitrogens with one attached hydrogen (secondary N) is 1. The van der Waals surface area contributed by atoms with Gasteiger partial charge in [-0.05, 0) is 32.6 Å². The summed E-state index contributed by atoms with van der Waals surface area (Å²) in [6, 6.07) is 0. The fraction of sp³-hybridized carbons (Fsp3) is 0.762. The van der Waals surface area contributed by atoms with Crippen LogP contribution < -0.4 is 5.32 Å². The molecule has 1 fully saturated rings. The normalized spacial score (nSPS) is 23.2. The molecule has 1 unspecified atom stereocenters. The maximum atomic E-state index is 12.4. The van der Waals surface area contributed by atoms with Crippen molar-refractivity contribution in [2.75, 3.05) is 13.1 Å². The van der Waals surface area contributed by atoms with E-state index in [1.807, 2.05) is 6.92 Å². The minimum Gasteiger partial charge on any atom is -0.355 e. The van der Waals surface area contributed by atoms with Crippen LogP contribution in [0.3, 0.4) is 0 Å². The molecule has 1 heterocycles. The van der Waals surface area contributed by atoms with Crippen molar-refractivity contribution in [2.24, 2.45) is 5.41 Å². The second kappa shape index (κ2) is 10.4. The van der Waals surface area contributed by atoms with Crippen LogP contribution in [-0.2, 0) is 14.4 Å². The molecule has 26 heavy (non-hydrogen) atoms. The molecule has 1 aliphatic heterocycles. The summed E-state index contributed by atoms with van der Waals surface area (Å²) in [4.78, 5) is 36.9. The minimum atomic E-state index is -0.533. The minimum absolute atomic E-state index is 0.0245. The molecular formula is C21H32N2O3. The number of hydrogen-bond acceptors (Lipinski definition) is 3. The van der Waals surface area contributed by atoms with Gasteiger partial charge in [-0.15, -0.1) is 5.92 Å². The molecule has 1 N–H and O–H groups in total. The SMILES string of the molecule is CC1(C(=O)NCCCCCCCN2C(=O)CCC2=O)C#CCCCCC1. The van der Waals surface area contributed by atoms with Crippen molar-refractivity contribution in [3.63, 3.8) is 0 Å². The Hall–Kier alpha value is -1.83. The van der Waals surface area contributed by atoms with Crippen LogP contribution >= 0.6 is 0 Å². The zero-order valence-corrected chi connectivity index (χ0v) is 16.1. The lowest BCUT2D eigenvalue weighted by molar-refractivity contribution is -0.138. The quantitative estimate of drug-likeness (QED) is 0.390. The lowest BCUT2D eigenvalue weighted by atomic mass is 9.82. The second-order valence-electron chi connectivity index (χ2n) is 7.66. The van der Waals surface area contributed by atoms with Gasteiger partial charge in [0, 0.05) is 32.4 Å². The molecule has 0 bridgehead atoms. The first-order valence-electron chi connectivity index (χ1n) is 10.1. The van der Waals surface area contributed by atoms with Crippen LogP contribution in [0.2, 0.25) is 0 Å². The smallest absolute Gasteiger partial charge is 0.237 e. The third-order valence-electron chi connectivity index (χ3n) is 5.34. The van der Waals surface area contributed by atoms with Crippen LogP contribution in [0, 0.1) is 17.3 Å². The molecule has 0 saturated carbocycles. The number of nitrogens with zero attached hydrogens (tertiary/aromatic N) is 1. The molecule has 5 nitrogen and oxygen atoms in total. The van der Waals surface area contributed by atoms with Crippen LogP contribution in [0.1, 0.15) is 84.0 Å². The van der Waals surface area contributed by atoms with Crippen molar-refractivity contribution in [1.29, 1.82) is 0 Å². The van der Waals surface area contributed by atoms with Crippen molar-refractivity contribution in [3.05, 3.63) is 0 Å². The molecule has 1 aliphatic carbocycles. The van der Waals surface area contributed by atoms with Gasteiger partial charge in [-0.25, -0.2) is 0 Å². The monoisotopic (exact) mass is 360 g/mol. The Morgan fingerprint density at radius 3 is 2.50 bits per heavy atom. The summed E-state index contributed by atoms with van der Waals surface area (Å²) in [5.74, 6) is 6.35. The maximum absolute atomic E-state index is 12.4. The van der Waals surface area contributed by atoms with Crippen LogP contribution in [0.15, 0.2) is 0 Å². The number of likely N-dealkylation sites (tertiary alicyclic amines) is 1. The van der Waals surface area contributed by atoms with E-state index in [0.29, 0.717) is 25.9 Å². The Balaban J connectivity index is 1.54. The summed E-state index contributed by atoms with van der Waals surface area (Å²) in [7, 11) is 0. The number of hydrogen-bond donors (Lipinski definition) is 1. The van der Waals surface area contributed by atoms with Gasteiger partial charge < -0.3 is 5.32 Å². The van der Waals surface area contributed by atoms with E-state index in [1.165, 1.54) is 4.90 Å². The number of unbranched alkanes of at least 4 members (excludes halogenated alkanes) is 4. The molecule has 2 rings (SSSR count). The van der Waals surface area contributed by atoms with Crippen LogP contribution in [0.5, 0.6) is 0 Å². The predicted octanol–water partition coefficient (Wildman–Crippen LogP) is 3.18. The van der Waals surface area contributed by atoms with Crippen LogP contribution in [-0.4, -0.2) is 35.7 Å². The third-order valence-corrected chi connectivity index (χ3v) is 5.34. The van der Waals surface area contributed by atoms with E-state index in [4.69, 9.17) is 0 Å².